The highest BCUT2D eigenvalue weighted by molar-refractivity contribution is 7.99. The van der Waals surface area contributed by atoms with Crippen LogP contribution in [0.1, 0.15) is 12.6 Å². The molecule has 0 radical (unpaired) electrons. The van der Waals surface area contributed by atoms with Crippen LogP contribution in [-0.4, -0.2) is 82.6 Å². The number of thiazole rings is 1. The number of carbonyl (C=O) groups is 2. The van der Waals surface area contributed by atoms with E-state index in [1.807, 2.05) is 43.3 Å². The Morgan fingerprint density at radius 3 is 2.49 bits per heavy atom. The van der Waals surface area contributed by atoms with Gasteiger partial charge in [-0.05, 0) is 38.1 Å². The van der Waals surface area contributed by atoms with Gasteiger partial charge in [0.1, 0.15) is 21.5 Å². The number of aromatic nitrogens is 3. The molecule has 3 aromatic rings. The van der Waals surface area contributed by atoms with Crippen molar-refractivity contribution in [3.05, 3.63) is 42.1 Å². The maximum atomic E-state index is 12.6. The number of para-hydroxylation sites is 1. The number of carbonyl (C=O) groups excluding carboxylic acids is 2. The maximum Gasteiger partial charge on any atom is 0.409 e. The normalized spacial score (nSPS) is 13.6. The van der Waals surface area contributed by atoms with Crippen molar-refractivity contribution >= 4 is 35.1 Å². The number of rotatable bonds is 7. The molecule has 1 aliphatic rings. The van der Waals surface area contributed by atoms with Gasteiger partial charge in [-0.1, -0.05) is 23.9 Å². The Balaban J connectivity index is 1.34. The lowest BCUT2D eigenvalue weighted by Crippen LogP contribution is -2.51. The molecule has 184 valence electrons. The number of amides is 2. The van der Waals surface area contributed by atoms with Crippen molar-refractivity contribution < 1.29 is 19.1 Å². The van der Waals surface area contributed by atoms with Gasteiger partial charge >= 0.3 is 6.09 Å². The van der Waals surface area contributed by atoms with E-state index in [0.29, 0.717) is 37.8 Å². The summed E-state index contributed by atoms with van der Waals surface area (Å²) < 4.78 is 10.5. The first-order valence-electron chi connectivity index (χ1n) is 11.3. The zero-order chi connectivity index (χ0) is 24.8. The molecule has 0 bridgehead atoms. The Bertz CT molecular complexity index is 1180. The van der Waals surface area contributed by atoms with E-state index >= 15 is 0 Å². The molecule has 1 aliphatic heterocycles. The summed E-state index contributed by atoms with van der Waals surface area (Å²) in [6.45, 7) is 6.05. The molecule has 4 rings (SSSR count). The fraction of sp³-hybridized carbons (Fsp3) is 0.375. The number of nitrogens with zero attached hydrogens (tertiary/aromatic N) is 5. The number of ether oxygens (including phenoxy) is 2. The number of hydrogen-bond donors (Lipinski definition) is 0. The average Bonchev–Trinajstić information content (AvgIpc) is 3.29. The average molecular weight is 514 g/mol. The van der Waals surface area contributed by atoms with Gasteiger partial charge in [0.05, 0.1) is 35.6 Å². The molecule has 0 atom stereocenters. The van der Waals surface area contributed by atoms with E-state index < -0.39 is 0 Å². The summed E-state index contributed by atoms with van der Waals surface area (Å²) in [5, 5.41) is 10.2. The lowest BCUT2D eigenvalue weighted by Gasteiger charge is -2.34. The van der Waals surface area contributed by atoms with E-state index in [1.54, 1.807) is 35.2 Å². The molecule has 1 aromatic carbocycles. The molecule has 1 fully saturated rings. The fourth-order valence-corrected chi connectivity index (χ4v) is 5.45. The van der Waals surface area contributed by atoms with Crippen LogP contribution < -0.4 is 4.74 Å². The van der Waals surface area contributed by atoms with Gasteiger partial charge in [0.25, 0.3) is 0 Å². The minimum absolute atomic E-state index is 0.0177. The Morgan fingerprint density at radius 1 is 1.06 bits per heavy atom. The van der Waals surface area contributed by atoms with Gasteiger partial charge in [0.2, 0.25) is 5.91 Å². The van der Waals surface area contributed by atoms with Crippen LogP contribution in [0.3, 0.4) is 0 Å². The lowest BCUT2D eigenvalue weighted by molar-refractivity contribution is -0.129. The summed E-state index contributed by atoms with van der Waals surface area (Å²) in [4.78, 5) is 33.5. The van der Waals surface area contributed by atoms with Crippen LogP contribution in [0.25, 0.3) is 21.1 Å². The van der Waals surface area contributed by atoms with Crippen molar-refractivity contribution in [2.24, 2.45) is 0 Å². The number of benzene rings is 1. The first kappa shape index (κ1) is 24.9. The summed E-state index contributed by atoms with van der Waals surface area (Å²) in [5.74, 6) is 1.06. The second-order valence-electron chi connectivity index (χ2n) is 7.75. The molecule has 11 heteroatoms. The number of methoxy groups -OCH3 is 1. The summed E-state index contributed by atoms with van der Waals surface area (Å²) in [7, 11) is 1.65. The summed E-state index contributed by atoms with van der Waals surface area (Å²) >= 11 is 2.90. The van der Waals surface area contributed by atoms with Crippen LogP contribution in [0, 0.1) is 6.92 Å². The third kappa shape index (κ3) is 5.91. The van der Waals surface area contributed by atoms with Gasteiger partial charge in [0.15, 0.2) is 0 Å². The number of aryl methyl sites for hydroxylation is 1. The Kier molecular flexibility index (Phi) is 8.19. The molecule has 0 unspecified atom stereocenters. The molecule has 0 N–H and O–H groups in total. The smallest absolute Gasteiger partial charge is 0.409 e. The van der Waals surface area contributed by atoms with Crippen molar-refractivity contribution in [3.8, 4) is 26.9 Å². The monoisotopic (exact) mass is 513 g/mol. The van der Waals surface area contributed by atoms with Gasteiger partial charge in [-0.2, -0.15) is 0 Å². The zero-order valence-electron chi connectivity index (χ0n) is 19.9. The highest BCUT2D eigenvalue weighted by Gasteiger charge is 2.25. The molecule has 1 saturated heterocycles. The van der Waals surface area contributed by atoms with Gasteiger partial charge in [0, 0.05) is 26.2 Å². The van der Waals surface area contributed by atoms with Crippen molar-refractivity contribution in [2.45, 2.75) is 18.9 Å². The van der Waals surface area contributed by atoms with Crippen molar-refractivity contribution in [3.63, 3.8) is 0 Å². The van der Waals surface area contributed by atoms with Crippen molar-refractivity contribution in [1.29, 1.82) is 0 Å². The predicted octanol–water partition coefficient (Wildman–Crippen LogP) is 3.98. The van der Waals surface area contributed by atoms with E-state index in [4.69, 9.17) is 14.5 Å². The van der Waals surface area contributed by atoms with E-state index in [0.717, 1.165) is 32.6 Å². The third-order valence-corrected chi connectivity index (χ3v) is 7.63. The molecule has 0 spiro atoms. The largest absolute Gasteiger partial charge is 0.496 e. The minimum Gasteiger partial charge on any atom is -0.496 e. The molecule has 2 amide bonds. The van der Waals surface area contributed by atoms with Crippen molar-refractivity contribution in [2.75, 3.05) is 45.6 Å². The molecular weight excluding hydrogens is 486 g/mol. The maximum absolute atomic E-state index is 12.6. The van der Waals surface area contributed by atoms with Gasteiger partial charge < -0.3 is 19.3 Å². The predicted molar refractivity (Wildman–Crippen MR) is 136 cm³/mol. The van der Waals surface area contributed by atoms with Gasteiger partial charge in [-0.3, -0.25) is 4.79 Å². The van der Waals surface area contributed by atoms with Gasteiger partial charge in [-0.15, -0.1) is 21.5 Å². The number of hydrogen-bond acceptors (Lipinski definition) is 9. The van der Waals surface area contributed by atoms with E-state index in [-0.39, 0.29) is 17.8 Å². The molecule has 0 saturated carbocycles. The molecular formula is C24H27N5O4S2. The van der Waals surface area contributed by atoms with Gasteiger partial charge in [-0.25, -0.2) is 9.78 Å². The van der Waals surface area contributed by atoms with E-state index in [1.165, 1.54) is 11.8 Å². The summed E-state index contributed by atoms with van der Waals surface area (Å²) in [5.41, 5.74) is 2.56. The molecule has 0 aliphatic carbocycles. The quantitative estimate of drug-likeness (QED) is 0.438. The molecule has 2 aromatic heterocycles. The van der Waals surface area contributed by atoms with Crippen LogP contribution in [0.4, 0.5) is 4.79 Å². The van der Waals surface area contributed by atoms with Crippen LogP contribution in [0.2, 0.25) is 0 Å². The van der Waals surface area contributed by atoms with Crippen LogP contribution in [0.5, 0.6) is 5.75 Å². The van der Waals surface area contributed by atoms with Crippen LogP contribution in [-0.2, 0) is 9.53 Å². The lowest BCUT2D eigenvalue weighted by atomic mass is 10.2. The topological polar surface area (TPSA) is 97.8 Å². The van der Waals surface area contributed by atoms with Crippen LogP contribution >= 0.6 is 23.1 Å². The Hall–Kier alpha value is -3.18. The van der Waals surface area contributed by atoms with E-state index in [9.17, 15) is 9.59 Å². The first-order chi connectivity index (χ1) is 17.0. The Labute approximate surface area is 212 Å². The van der Waals surface area contributed by atoms with Crippen LogP contribution in [0.15, 0.2) is 41.4 Å². The standard InChI is InChI=1S/C24H27N5O4S2/c1-4-33-24(31)29-13-11-28(12-14-29)21(30)15-34-20-10-9-18(26-27-20)22-16(2)25-23(35-22)17-7-5-6-8-19(17)32-3/h5-10H,4,11-15H2,1-3H3. The first-order valence-corrected chi connectivity index (χ1v) is 13.1. The number of piperazine rings is 1. The summed E-state index contributed by atoms with van der Waals surface area (Å²) in [6, 6.07) is 11.6. The molecule has 3 heterocycles. The SMILES string of the molecule is CCOC(=O)N1CCN(C(=O)CSc2ccc(-c3sc(-c4ccccc4OC)nc3C)nn2)CC1. The third-order valence-electron chi connectivity index (χ3n) is 5.51. The Morgan fingerprint density at radius 2 is 1.80 bits per heavy atom. The van der Waals surface area contributed by atoms with Crippen molar-refractivity contribution in [1.82, 2.24) is 25.0 Å². The second-order valence-corrected chi connectivity index (χ2v) is 9.74. The highest BCUT2D eigenvalue weighted by atomic mass is 32.2. The minimum atomic E-state index is -0.324. The second kappa shape index (κ2) is 11.5. The summed E-state index contributed by atoms with van der Waals surface area (Å²) in [6.07, 6.45) is -0.324. The fourth-order valence-electron chi connectivity index (χ4n) is 3.67. The highest BCUT2D eigenvalue weighted by Crippen LogP contribution is 2.38. The molecule has 9 nitrogen and oxygen atoms in total. The number of thioether (sulfide) groups is 1. The molecule has 35 heavy (non-hydrogen) atoms. The zero-order valence-corrected chi connectivity index (χ0v) is 21.5. The van der Waals surface area contributed by atoms with E-state index in [2.05, 4.69) is 10.2 Å².